The number of hydrogen-bond donors (Lipinski definition) is 0. The highest BCUT2D eigenvalue weighted by molar-refractivity contribution is 6.18. The third-order valence-corrected chi connectivity index (χ3v) is 5.23. The first kappa shape index (κ1) is 23.0. The minimum absolute atomic E-state index is 0.690. The Morgan fingerprint density at radius 3 is 2.00 bits per heavy atom. The lowest BCUT2D eigenvalue weighted by atomic mass is 10.1. The average Bonchev–Trinajstić information content (AvgIpc) is 2.72. The van der Waals surface area contributed by atoms with Crippen LogP contribution in [0.25, 0.3) is 10.8 Å². The Bertz CT molecular complexity index is 691. The fraction of sp³-hybridized carbons (Fsp3) is 0.565. The smallest absolute Gasteiger partial charge is 0.168 e. The molecule has 0 N–H and O–H groups in total. The summed E-state index contributed by atoms with van der Waals surface area (Å²) in [5.41, 5.74) is 0. The largest absolute Gasteiger partial charge is 0.494 e. The van der Waals surface area contributed by atoms with E-state index in [0.29, 0.717) is 6.61 Å². The van der Waals surface area contributed by atoms with E-state index in [1.54, 1.807) is 7.11 Å². The van der Waals surface area contributed by atoms with Crippen LogP contribution in [0.4, 0.5) is 0 Å². The maximum Gasteiger partial charge on any atom is 0.168 e. The summed E-state index contributed by atoms with van der Waals surface area (Å²) in [6.45, 7) is 1.42. The zero-order chi connectivity index (χ0) is 20.0. The Labute approximate surface area is 179 Å². The van der Waals surface area contributed by atoms with Gasteiger partial charge in [0.2, 0.25) is 0 Å². The first-order valence-electron chi connectivity index (χ1n) is 10.3. The number of alkyl halides is 2. The van der Waals surface area contributed by atoms with E-state index in [9.17, 15) is 0 Å². The second-order valence-electron chi connectivity index (χ2n) is 6.88. The Kier molecular flexibility index (Phi) is 11.3. The van der Waals surface area contributed by atoms with Crippen molar-refractivity contribution in [3.05, 3.63) is 30.3 Å². The molecule has 0 saturated heterocycles. The van der Waals surface area contributed by atoms with Crippen molar-refractivity contribution in [1.29, 1.82) is 0 Å². The van der Waals surface area contributed by atoms with Crippen LogP contribution in [-0.4, -0.2) is 32.1 Å². The molecule has 0 unspecified atom stereocenters. The van der Waals surface area contributed by atoms with Crippen molar-refractivity contribution in [2.45, 2.75) is 51.4 Å². The summed E-state index contributed by atoms with van der Waals surface area (Å²) < 4.78 is 17.5. The maximum absolute atomic E-state index is 5.96. The van der Waals surface area contributed by atoms with Crippen LogP contribution in [0, 0.1) is 0 Å². The summed E-state index contributed by atoms with van der Waals surface area (Å²) in [4.78, 5) is 0. The highest BCUT2D eigenvalue weighted by atomic mass is 35.5. The van der Waals surface area contributed by atoms with Gasteiger partial charge in [-0.1, -0.05) is 31.7 Å². The molecule has 156 valence electrons. The molecule has 0 amide bonds. The highest BCUT2D eigenvalue weighted by Gasteiger charge is 2.10. The number of hydrogen-bond acceptors (Lipinski definition) is 3. The second-order valence-corrected chi connectivity index (χ2v) is 7.64. The Morgan fingerprint density at radius 2 is 1.36 bits per heavy atom. The van der Waals surface area contributed by atoms with Crippen molar-refractivity contribution in [2.75, 3.05) is 32.1 Å². The normalized spacial score (nSPS) is 11.0. The van der Waals surface area contributed by atoms with Gasteiger partial charge in [-0.3, -0.25) is 0 Å². The summed E-state index contributed by atoms with van der Waals surface area (Å²) in [6.07, 6.45) is 8.82. The maximum atomic E-state index is 5.96. The van der Waals surface area contributed by atoms with Gasteiger partial charge in [0.25, 0.3) is 0 Å². The fourth-order valence-electron chi connectivity index (χ4n) is 3.15. The SMILES string of the molecule is COc1c(OCCCCCCCl)ccc2cc(OCCCCCCCl)ccc12. The van der Waals surface area contributed by atoms with Crippen LogP contribution in [0.2, 0.25) is 0 Å². The fourth-order valence-corrected chi connectivity index (χ4v) is 3.52. The van der Waals surface area contributed by atoms with Crippen LogP contribution in [0.1, 0.15) is 51.4 Å². The van der Waals surface area contributed by atoms with Crippen molar-refractivity contribution in [2.24, 2.45) is 0 Å². The van der Waals surface area contributed by atoms with Crippen molar-refractivity contribution in [3.63, 3.8) is 0 Å². The molecule has 2 aromatic rings. The predicted molar refractivity (Wildman–Crippen MR) is 120 cm³/mol. The monoisotopic (exact) mass is 426 g/mol. The van der Waals surface area contributed by atoms with Gasteiger partial charge >= 0.3 is 0 Å². The van der Waals surface area contributed by atoms with E-state index in [4.69, 9.17) is 37.4 Å². The van der Waals surface area contributed by atoms with Crippen molar-refractivity contribution in [3.8, 4) is 17.2 Å². The van der Waals surface area contributed by atoms with Crippen LogP contribution >= 0.6 is 23.2 Å². The zero-order valence-corrected chi connectivity index (χ0v) is 18.4. The van der Waals surface area contributed by atoms with Gasteiger partial charge in [-0.2, -0.15) is 0 Å². The van der Waals surface area contributed by atoms with E-state index in [-0.39, 0.29) is 0 Å². The molecule has 2 rings (SSSR count). The molecule has 5 heteroatoms. The summed E-state index contributed by atoms with van der Waals surface area (Å²) in [6, 6.07) is 10.2. The summed E-state index contributed by atoms with van der Waals surface area (Å²) in [5, 5.41) is 2.13. The molecular formula is C23H32Cl2O3. The van der Waals surface area contributed by atoms with E-state index in [0.717, 1.165) is 97.8 Å². The molecule has 0 aromatic heterocycles. The number of benzene rings is 2. The second kappa shape index (κ2) is 13.8. The molecule has 0 atom stereocenters. The standard InChI is InChI=1S/C23H32Cl2O3/c1-26-23-21-12-11-20(27-16-8-4-2-6-14-24)18-19(21)10-13-22(23)28-17-9-5-3-7-15-25/h10-13,18H,2-9,14-17H2,1H3. The van der Waals surface area contributed by atoms with Crippen molar-refractivity contribution < 1.29 is 14.2 Å². The molecule has 2 aromatic carbocycles. The van der Waals surface area contributed by atoms with Crippen molar-refractivity contribution >= 4 is 34.0 Å². The summed E-state index contributed by atoms with van der Waals surface area (Å²) in [5.74, 6) is 3.94. The molecule has 0 spiro atoms. The topological polar surface area (TPSA) is 27.7 Å². The molecular weight excluding hydrogens is 395 g/mol. The lowest BCUT2D eigenvalue weighted by Gasteiger charge is -2.14. The van der Waals surface area contributed by atoms with Gasteiger partial charge in [-0.05, 0) is 55.3 Å². The Balaban J connectivity index is 1.91. The number of unbranched alkanes of at least 4 members (excludes halogenated alkanes) is 6. The summed E-state index contributed by atoms with van der Waals surface area (Å²) >= 11 is 11.4. The molecule has 3 nitrogen and oxygen atoms in total. The van der Waals surface area contributed by atoms with Crippen molar-refractivity contribution in [1.82, 2.24) is 0 Å². The number of fused-ring (bicyclic) bond motifs is 1. The molecule has 0 aliphatic rings. The van der Waals surface area contributed by atoms with E-state index in [1.807, 2.05) is 18.2 Å². The van der Waals surface area contributed by atoms with E-state index in [2.05, 4.69) is 12.1 Å². The molecule has 0 fully saturated rings. The molecule has 0 radical (unpaired) electrons. The molecule has 28 heavy (non-hydrogen) atoms. The van der Waals surface area contributed by atoms with Gasteiger partial charge in [-0.25, -0.2) is 0 Å². The van der Waals surface area contributed by atoms with Crippen LogP contribution in [-0.2, 0) is 0 Å². The lowest BCUT2D eigenvalue weighted by molar-refractivity contribution is 0.286. The molecule has 0 saturated carbocycles. The minimum Gasteiger partial charge on any atom is -0.494 e. The van der Waals surface area contributed by atoms with E-state index in [1.165, 1.54) is 0 Å². The highest BCUT2D eigenvalue weighted by Crippen LogP contribution is 2.37. The van der Waals surface area contributed by atoms with Gasteiger partial charge in [-0.15, -0.1) is 23.2 Å². The zero-order valence-electron chi connectivity index (χ0n) is 16.9. The minimum atomic E-state index is 0.690. The average molecular weight is 427 g/mol. The predicted octanol–water partition coefficient (Wildman–Crippen LogP) is 7.20. The molecule has 0 heterocycles. The number of methoxy groups -OCH3 is 1. The molecule has 0 aliphatic carbocycles. The van der Waals surface area contributed by atoms with Gasteiger partial charge in [0.1, 0.15) is 5.75 Å². The number of rotatable bonds is 15. The van der Waals surface area contributed by atoms with Gasteiger partial charge in [0, 0.05) is 17.1 Å². The Hall–Kier alpha value is -1.32. The van der Waals surface area contributed by atoms with Crippen LogP contribution < -0.4 is 14.2 Å². The number of ether oxygens (including phenoxy) is 3. The first-order chi connectivity index (χ1) is 13.8. The Morgan fingerprint density at radius 1 is 0.714 bits per heavy atom. The number of halogens is 2. The van der Waals surface area contributed by atoms with Crippen LogP contribution in [0.3, 0.4) is 0 Å². The third kappa shape index (κ3) is 7.60. The quantitative estimate of drug-likeness (QED) is 0.222. The van der Waals surface area contributed by atoms with Gasteiger partial charge in [0.05, 0.1) is 20.3 Å². The lowest BCUT2D eigenvalue weighted by Crippen LogP contribution is -2.00. The first-order valence-corrected chi connectivity index (χ1v) is 11.4. The van der Waals surface area contributed by atoms with Crippen LogP contribution in [0.5, 0.6) is 17.2 Å². The van der Waals surface area contributed by atoms with Crippen LogP contribution in [0.15, 0.2) is 30.3 Å². The molecule has 0 aliphatic heterocycles. The van der Waals surface area contributed by atoms with E-state index < -0.39 is 0 Å². The van der Waals surface area contributed by atoms with E-state index >= 15 is 0 Å². The molecule has 0 bridgehead atoms. The van der Waals surface area contributed by atoms with Gasteiger partial charge < -0.3 is 14.2 Å². The summed E-state index contributed by atoms with van der Waals surface area (Å²) in [7, 11) is 1.69. The van der Waals surface area contributed by atoms with Gasteiger partial charge in [0.15, 0.2) is 11.5 Å². The third-order valence-electron chi connectivity index (χ3n) is 4.69.